The minimum absolute atomic E-state index is 0.0883. The second-order valence-electron chi connectivity index (χ2n) is 5.45. The van der Waals surface area contributed by atoms with Gasteiger partial charge in [-0.1, -0.05) is 6.07 Å². The summed E-state index contributed by atoms with van der Waals surface area (Å²) < 4.78 is 46.1. The lowest BCUT2D eigenvalue weighted by molar-refractivity contribution is -0.154. The Morgan fingerprint density at radius 1 is 1.48 bits per heavy atom. The number of hydrogen-bond acceptors (Lipinski definition) is 4. The van der Waals surface area contributed by atoms with Crippen molar-refractivity contribution >= 4 is 5.91 Å². The third-order valence-corrected chi connectivity index (χ3v) is 3.59. The number of ether oxygens (including phenoxy) is 2. The molecule has 2 rings (SSSR count). The Bertz CT molecular complexity index is 520. The molecule has 2 unspecified atom stereocenters. The molecule has 1 fully saturated rings. The van der Waals surface area contributed by atoms with Gasteiger partial charge in [0.1, 0.15) is 0 Å². The Labute approximate surface area is 132 Å². The van der Waals surface area contributed by atoms with E-state index in [2.05, 4.69) is 15.0 Å². The van der Waals surface area contributed by atoms with Crippen LogP contribution in [-0.4, -0.2) is 36.4 Å². The molecular weight excluding hydrogens is 313 g/mol. The Balaban J connectivity index is 1.80. The largest absolute Gasteiger partial charge is 0.468 e. The second-order valence-corrected chi connectivity index (χ2v) is 5.45. The molecule has 0 aromatic carbocycles. The zero-order valence-electron chi connectivity index (χ0n) is 12.7. The van der Waals surface area contributed by atoms with Crippen molar-refractivity contribution in [2.45, 2.75) is 38.6 Å². The second kappa shape index (κ2) is 7.63. The topological polar surface area (TPSA) is 60.5 Å². The van der Waals surface area contributed by atoms with Gasteiger partial charge in [0.15, 0.2) is 6.61 Å². The normalized spacial score (nSPS) is 21.7. The molecule has 8 heteroatoms. The van der Waals surface area contributed by atoms with Crippen molar-refractivity contribution in [3.63, 3.8) is 0 Å². The Morgan fingerprint density at radius 3 is 2.87 bits per heavy atom. The van der Waals surface area contributed by atoms with Crippen LogP contribution >= 0.6 is 0 Å². The van der Waals surface area contributed by atoms with Crippen molar-refractivity contribution in [3.8, 4) is 5.88 Å². The molecule has 0 spiro atoms. The molecule has 5 nitrogen and oxygen atoms in total. The number of rotatable bonds is 5. The van der Waals surface area contributed by atoms with Gasteiger partial charge in [-0.05, 0) is 25.3 Å². The SMILES string of the molecule is CC1OCCCC1C(=O)NCc1ccc(OCC(F)(F)F)nc1. The third-order valence-electron chi connectivity index (χ3n) is 3.59. The smallest absolute Gasteiger partial charge is 0.422 e. The van der Waals surface area contributed by atoms with Crippen molar-refractivity contribution in [1.29, 1.82) is 0 Å². The van der Waals surface area contributed by atoms with Crippen molar-refractivity contribution in [1.82, 2.24) is 10.3 Å². The molecule has 1 aromatic rings. The van der Waals surface area contributed by atoms with Crippen LogP contribution < -0.4 is 10.1 Å². The van der Waals surface area contributed by atoms with Crippen LogP contribution in [-0.2, 0) is 16.1 Å². The number of nitrogens with one attached hydrogen (secondary N) is 1. The highest BCUT2D eigenvalue weighted by molar-refractivity contribution is 5.79. The van der Waals surface area contributed by atoms with Crippen LogP contribution in [0.15, 0.2) is 18.3 Å². The summed E-state index contributed by atoms with van der Waals surface area (Å²) in [4.78, 5) is 15.9. The first-order valence-electron chi connectivity index (χ1n) is 7.39. The van der Waals surface area contributed by atoms with Crippen LogP contribution in [0.2, 0.25) is 0 Å². The molecule has 0 saturated carbocycles. The third kappa shape index (κ3) is 5.70. The molecule has 1 N–H and O–H groups in total. The van der Waals surface area contributed by atoms with E-state index < -0.39 is 12.8 Å². The predicted molar refractivity (Wildman–Crippen MR) is 75.8 cm³/mol. The average Bonchev–Trinajstić information content (AvgIpc) is 2.51. The molecule has 1 saturated heterocycles. The molecule has 0 bridgehead atoms. The van der Waals surface area contributed by atoms with Gasteiger partial charge in [-0.3, -0.25) is 4.79 Å². The summed E-state index contributed by atoms with van der Waals surface area (Å²) in [7, 11) is 0. The number of aromatic nitrogens is 1. The highest BCUT2D eigenvalue weighted by atomic mass is 19.4. The summed E-state index contributed by atoms with van der Waals surface area (Å²) >= 11 is 0. The van der Waals surface area contributed by atoms with E-state index in [1.165, 1.54) is 12.3 Å². The maximum absolute atomic E-state index is 12.1. The van der Waals surface area contributed by atoms with Crippen molar-refractivity contribution in [2.24, 2.45) is 5.92 Å². The molecule has 128 valence electrons. The minimum atomic E-state index is -4.40. The summed E-state index contributed by atoms with van der Waals surface area (Å²) in [6.07, 6.45) is -1.48. The van der Waals surface area contributed by atoms with E-state index in [-0.39, 0.29) is 30.4 Å². The molecule has 1 amide bonds. The van der Waals surface area contributed by atoms with Gasteiger partial charge in [-0.2, -0.15) is 13.2 Å². The van der Waals surface area contributed by atoms with Gasteiger partial charge in [-0.15, -0.1) is 0 Å². The van der Waals surface area contributed by atoms with Crippen molar-refractivity contribution < 1.29 is 27.4 Å². The van der Waals surface area contributed by atoms with Gasteiger partial charge >= 0.3 is 6.18 Å². The van der Waals surface area contributed by atoms with Crippen LogP contribution in [0.4, 0.5) is 13.2 Å². The standard InChI is InChI=1S/C15H19F3N2O3/c1-10-12(3-2-6-22-10)14(21)20-8-11-4-5-13(19-7-11)23-9-15(16,17)18/h4-5,7,10,12H,2-3,6,8-9H2,1H3,(H,20,21). The predicted octanol–water partition coefficient (Wildman–Crippen LogP) is 2.45. The molecule has 2 heterocycles. The van der Waals surface area contributed by atoms with Gasteiger partial charge in [0.25, 0.3) is 0 Å². The maximum Gasteiger partial charge on any atom is 0.422 e. The van der Waals surface area contributed by atoms with Gasteiger partial charge in [0.05, 0.1) is 12.0 Å². The Kier molecular flexibility index (Phi) is 5.81. The van der Waals surface area contributed by atoms with Gasteiger partial charge < -0.3 is 14.8 Å². The number of carbonyl (C=O) groups is 1. The molecule has 23 heavy (non-hydrogen) atoms. The molecule has 2 atom stereocenters. The van der Waals surface area contributed by atoms with E-state index in [0.717, 1.165) is 12.8 Å². The van der Waals surface area contributed by atoms with Gasteiger partial charge in [0.2, 0.25) is 11.8 Å². The van der Waals surface area contributed by atoms with E-state index in [1.807, 2.05) is 6.92 Å². The number of halogens is 3. The summed E-state index contributed by atoms with van der Waals surface area (Å²) in [6.45, 7) is 1.43. The molecule has 1 aliphatic rings. The maximum atomic E-state index is 12.1. The van der Waals surface area contributed by atoms with Crippen molar-refractivity contribution in [2.75, 3.05) is 13.2 Å². The van der Waals surface area contributed by atoms with Crippen LogP contribution in [0.1, 0.15) is 25.3 Å². The lowest BCUT2D eigenvalue weighted by atomic mass is 9.94. The van der Waals surface area contributed by atoms with E-state index in [0.29, 0.717) is 12.2 Å². The lowest BCUT2D eigenvalue weighted by Gasteiger charge is -2.28. The number of amides is 1. The van der Waals surface area contributed by atoms with Crippen LogP contribution in [0, 0.1) is 5.92 Å². The van der Waals surface area contributed by atoms with E-state index >= 15 is 0 Å². The summed E-state index contributed by atoms with van der Waals surface area (Å²) in [5, 5.41) is 2.80. The first-order valence-corrected chi connectivity index (χ1v) is 7.39. The fourth-order valence-corrected chi connectivity index (χ4v) is 2.34. The van der Waals surface area contributed by atoms with E-state index in [4.69, 9.17) is 4.74 Å². The molecule has 0 radical (unpaired) electrons. The molecule has 1 aliphatic heterocycles. The molecule has 1 aromatic heterocycles. The highest BCUT2D eigenvalue weighted by Crippen LogP contribution is 2.21. The van der Waals surface area contributed by atoms with E-state index in [1.54, 1.807) is 6.07 Å². The van der Waals surface area contributed by atoms with E-state index in [9.17, 15) is 18.0 Å². The van der Waals surface area contributed by atoms with Crippen LogP contribution in [0.25, 0.3) is 0 Å². The summed E-state index contributed by atoms with van der Waals surface area (Å²) in [6, 6.07) is 2.92. The molecule has 0 aliphatic carbocycles. The fraction of sp³-hybridized carbons (Fsp3) is 0.600. The number of pyridine rings is 1. The number of nitrogens with zero attached hydrogens (tertiary/aromatic N) is 1. The monoisotopic (exact) mass is 332 g/mol. The Hall–Kier alpha value is -1.83. The zero-order valence-corrected chi connectivity index (χ0v) is 12.7. The Morgan fingerprint density at radius 2 is 2.26 bits per heavy atom. The first-order chi connectivity index (χ1) is 10.8. The van der Waals surface area contributed by atoms with Gasteiger partial charge in [0, 0.05) is 25.4 Å². The minimum Gasteiger partial charge on any atom is -0.468 e. The summed E-state index contributed by atoms with van der Waals surface area (Å²) in [5.41, 5.74) is 0.682. The fourth-order valence-electron chi connectivity index (χ4n) is 2.34. The van der Waals surface area contributed by atoms with Gasteiger partial charge in [-0.25, -0.2) is 4.98 Å². The quantitative estimate of drug-likeness (QED) is 0.900. The van der Waals surface area contributed by atoms with Crippen LogP contribution in [0.5, 0.6) is 5.88 Å². The first kappa shape index (κ1) is 17.5. The summed E-state index contributed by atoms with van der Waals surface area (Å²) in [5.74, 6) is -0.368. The van der Waals surface area contributed by atoms with Crippen LogP contribution in [0.3, 0.4) is 0 Å². The highest BCUT2D eigenvalue weighted by Gasteiger charge is 2.29. The number of alkyl halides is 3. The number of carbonyl (C=O) groups excluding carboxylic acids is 1. The zero-order chi connectivity index (χ0) is 16.9. The molecular formula is C15H19F3N2O3. The lowest BCUT2D eigenvalue weighted by Crippen LogP contribution is -2.39. The average molecular weight is 332 g/mol. The number of hydrogen-bond donors (Lipinski definition) is 1. The van der Waals surface area contributed by atoms with Crippen molar-refractivity contribution in [3.05, 3.63) is 23.9 Å².